The number of aliphatic carboxylic acids is 1. The number of carbonyl (C=O) groups is 3. The molecule has 0 aromatic heterocycles. The lowest BCUT2D eigenvalue weighted by molar-refractivity contribution is -0.141. The summed E-state index contributed by atoms with van der Waals surface area (Å²) in [7, 11) is 0. The standard InChI is InChI=1S/C14H16O5/c1-2-3-11(14(18)19)8-12(15)9-4-6-10(7-5-9)13(16)17/h4-7,11H,2-3,8H2,1H3,(H,16,17)(H,18,19). The summed E-state index contributed by atoms with van der Waals surface area (Å²) in [6.45, 7) is 1.86. The molecule has 1 rings (SSSR count). The number of hydrogen-bond donors (Lipinski definition) is 2. The zero-order valence-electron chi connectivity index (χ0n) is 10.6. The van der Waals surface area contributed by atoms with Gasteiger partial charge in [-0.05, 0) is 18.6 Å². The summed E-state index contributed by atoms with van der Waals surface area (Å²) in [4.78, 5) is 33.5. The average Bonchev–Trinajstić information content (AvgIpc) is 2.38. The Morgan fingerprint density at radius 3 is 2.00 bits per heavy atom. The first kappa shape index (κ1) is 14.9. The van der Waals surface area contributed by atoms with Crippen LogP contribution in [0.1, 0.15) is 46.9 Å². The third-order valence-electron chi connectivity index (χ3n) is 2.87. The number of hydrogen-bond acceptors (Lipinski definition) is 3. The van der Waals surface area contributed by atoms with E-state index < -0.39 is 17.9 Å². The predicted molar refractivity (Wildman–Crippen MR) is 68.4 cm³/mol. The van der Waals surface area contributed by atoms with E-state index in [0.29, 0.717) is 18.4 Å². The minimum absolute atomic E-state index is 0.0599. The van der Waals surface area contributed by atoms with Crippen LogP contribution < -0.4 is 0 Å². The highest BCUT2D eigenvalue weighted by Crippen LogP contribution is 2.16. The quantitative estimate of drug-likeness (QED) is 0.738. The van der Waals surface area contributed by atoms with E-state index in [1.54, 1.807) is 0 Å². The van der Waals surface area contributed by atoms with Crippen LogP contribution in [0.4, 0.5) is 0 Å². The summed E-state index contributed by atoms with van der Waals surface area (Å²) < 4.78 is 0. The molecule has 0 aliphatic heterocycles. The Labute approximate surface area is 110 Å². The molecule has 1 atom stereocenters. The fraction of sp³-hybridized carbons (Fsp3) is 0.357. The van der Waals surface area contributed by atoms with E-state index in [9.17, 15) is 14.4 Å². The number of aromatic carboxylic acids is 1. The fourth-order valence-electron chi connectivity index (χ4n) is 1.80. The summed E-state index contributed by atoms with van der Waals surface area (Å²) in [5, 5.41) is 17.7. The molecule has 0 saturated carbocycles. The SMILES string of the molecule is CCCC(CC(=O)c1ccc(C(=O)O)cc1)C(=O)O. The van der Waals surface area contributed by atoms with Crippen LogP contribution >= 0.6 is 0 Å². The molecule has 0 heterocycles. The molecule has 0 bridgehead atoms. The van der Waals surface area contributed by atoms with Gasteiger partial charge in [0.2, 0.25) is 0 Å². The second-order valence-electron chi connectivity index (χ2n) is 4.33. The molecule has 0 radical (unpaired) electrons. The van der Waals surface area contributed by atoms with Gasteiger partial charge in [-0.25, -0.2) is 4.79 Å². The third-order valence-corrected chi connectivity index (χ3v) is 2.87. The molecule has 5 nitrogen and oxygen atoms in total. The Bertz CT molecular complexity index is 475. The zero-order chi connectivity index (χ0) is 14.4. The number of benzene rings is 1. The Morgan fingerprint density at radius 2 is 1.58 bits per heavy atom. The minimum Gasteiger partial charge on any atom is -0.481 e. The Kier molecular flexibility index (Phi) is 5.23. The minimum atomic E-state index is -1.06. The first-order valence-electron chi connectivity index (χ1n) is 6.05. The van der Waals surface area contributed by atoms with E-state index in [4.69, 9.17) is 10.2 Å². The molecule has 2 N–H and O–H groups in total. The smallest absolute Gasteiger partial charge is 0.335 e. The topological polar surface area (TPSA) is 91.7 Å². The van der Waals surface area contributed by atoms with Gasteiger partial charge in [0.05, 0.1) is 11.5 Å². The van der Waals surface area contributed by atoms with E-state index in [0.717, 1.165) is 0 Å². The number of carboxylic acid groups (broad SMARTS) is 2. The van der Waals surface area contributed by atoms with Crippen molar-refractivity contribution in [2.45, 2.75) is 26.2 Å². The molecule has 0 aliphatic rings. The highest BCUT2D eigenvalue weighted by atomic mass is 16.4. The molecule has 5 heteroatoms. The lowest BCUT2D eigenvalue weighted by atomic mass is 9.94. The largest absolute Gasteiger partial charge is 0.481 e. The van der Waals surface area contributed by atoms with Gasteiger partial charge < -0.3 is 10.2 Å². The van der Waals surface area contributed by atoms with Crippen LogP contribution in [0.3, 0.4) is 0 Å². The maximum absolute atomic E-state index is 11.9. The van der Waals surface area contributed by atoms with Crippen LogP contribution in [0.25, 0.3) is 0 Å². The van der Waals surface area contributed by atoms with Crippen molar-refractivity contribution in [1.82, 2.24) is 0 Å². The summed E-state index contributed by atoms with van der Waals surface area (Å²) >= 11 is 0. The first-order valence-corrected chi connectivity index (χ1v) is 6.05. The van der Waals surface area contributed by atoms with Crippen LogP contribution in [-0.2, 0) is 4.79 Å². The maximum Gasteiger partial charge on any atom is 0.335 e. The molecular weight excluding hydrogens is 248 g/mol. The summed E-state index contributed by atoms with van der Waals surface area (Å²) in [6.07, 6.45) is 1.09. The second-order valence-corrected chi connectivity index (χ2v) is 4.33. The van der Waals surface area contributed by atoms with Crippen LogP contribution in [0.2, 0.25) is 0 Å². The summed E-state index contributed by atoms with van der Waals surface area (Å²) in [5.41, 5.74) is 0.437. The number of carbonyl (C=O) groups excluding carboxylic acids is 1. The Morgan fingerprint density at radius 1 is 1.05 bits per heavy atom. The molecule has 0 aliphatic carbocycles. The van der Waals surface area contributed by atoms with Crippen molar-refractivity contribution in [2.24, 2.45) is 5.92 Å². The zero-order valence-corrected chi connectivity index (χ0v) is 10.6. The molecule has 0 fully saturated rings. The van der Waals surface area contributed by atoms with Gasteiger partial charge in [-0.15, -0.1) is 0 Å². The summed E-state index contributed by atoms with van der Waals surface area (Å²) in [5.74, 6) is -3.00. The number of rotatable bonds is 7. The van der Waals surface area contributed by atoms with Gasteiger partial charge in [0.1, 0.15) is 0 Å². The van der Waals surface area contributed by atoms with E-state index in [1.165, 1.54) is 24.3 Å². The molecule has 1 aromatic rings. The Hall–Kier alpha value is -2.17. The van der Waals surface area contributed by atoms with Crippen molar-refractivity contribution in [2.75, 3.05) is 0 Å². The van der Waals surface area contributed by atoms with E-state index in [2.05, 4.69) is 0 Å². The summed E-state index contributed by atoms with van der Waals surface area (Å²) in [6, 6.07) is 5.50. The monoisotopic (exact) mass is 264 g/mol. The van der Waals surface area contributed by atoms with Gasteiger partial charge in [-0.1, -0.05) is 25.5 Å². The van der Waals surface area contributed by atoms with E-state index in [1.807, 2.05) is 6.92 Å². The average molecular weight is 264 g/mol. The van der Waals surface area contributed by atoms with Gasteiger partial charge in [0, 0.05) is 12.0 Å². The predicted octanol–water partition coefficient (Wildman–Crippen LogP) is 2.46. The van der Waals surface area contributed by atoms with Crippen LogP contribution in [0.15, 0.2) is 24.3 Å². The third kappa shape index (κ3) is 4.21. The van der Waals surface area contributed by atoms with Gasteiger partial charge in [0.15, 0.2) is 5.78 Å². The molecule has 102 valence electrons. The van der Waals surface area contributed by atoms with Gasteiger partial charge in [-0.3, -0.25) is 9.59 Å². The molecule has 0 amide bonds. The van der Waals surface area contributed by atoms with Crippen molar-refractivity contribution in [1.29, 1.82) is 0 Å². The van der Waals surface area contributed by atoms with Gasteiger partial charge in [-0.2, -0.15) is 0 Å². The normalized spacial score (nSPS) is 11.8. The van der Waals surface area contributed by atoms with Crippen LogP contribution in [-0.4, -0.2) is 27.9 Å². The molecule has 1 unspecified atom stereocenters. The number of ketones is 1. The highest BCUT2D eigenvalue weighted by molar-refractivity contribution is 5.99. The second kappa shape index (κ2) is 6.68. The van der Waals surface area contributed by atoms with E-state index in [-0.39, 0.29) is 17.8 Å². The van der Waals surface area contributed by atoms with Crippen molar-refractivity contribution in [3.63, 3.8) is 0 Å². The molecular formula is C14H16O5. The van der Waals surface area contributed by atoms with Crippen molar-refractivity contribution in [3.8, 4) is 0 Å². The Balaban J connectivity index is 2.76. The van der Waals surface area contributed by atoms with E-state index >= 15 is 0 Å². The van der Waals surface area contributed by atoms with Gasteiger partial charge in [0.25, 0.3) is 0 Å². The maximum atomic E-state index is 11.9. The lowest BCUT2D eigenvalue weighted by Gasteiger charge is -2.10. The molecule has 1 aromatic carbocycles. The molecule has 0 spiro atoms. The first-order chi connectivity index (χ1) is 8.95. The number of carboxylic acids is 2. The number of Topliss-reactive ketones (excluding diaryl/α,β-unsaturated/α-hetero) is 1. The van der Waals surface area contributed by atoms with Crippen molar-refractivity contribution >= 4 is 17.7 Å². The van der Waals surface area contributed by atoms with Crippen LogP contribution in [0, 0.1) is 5.92 Å². The highest BCUT2D eigenvalue weighted by Gasteiger charge is 2.21. The van der Waals surface area contributed by atoms with Crippen LogP contribution in [0.5, 0.6) is 0 Å². The molecule has 19 heavy (non-hydrogen) atoms. The van der Waals surface area contributed by atoms with Crippen molar-refractivity contribution < 1.29 is 24.6 Å². The van der Waals surface area contributed by atoms with Crippen molar-refractivity contribution in [3.05, 3.63) is 35.4 Å². The van der Waals surface area contributed by atoms with Gasteiger partial charge >= 0.3 is 11.9 Å². The lowest BCUT2D eigenvalue weighted by Crippen LogP contribution is -2.18. The molecule has 0 saturated heterocycles. The fourth-order valence-corrected chi connectivity index (χ4v) is 1.80.